The van der Waals surface area contributed by atoms with E-state index in [1.54, 1.807) is 0 Å². The summed E-state index contributed by atoms with van der Waals surface area (Å²) in [5, 5.41) is 15.0. The molecule has 0 amide bonds. The van der Waals surface area contributed by atoms with Gasteiger partial charge in [0.25, 0.3) is 0 Å². The summed E-state index contributed by atoms with van der Waals surface area (Å²) in [6.07, 6.45) is 0. The molecule has 15 heavy (non-hydrogen) atoms. The highest BCUT2D eigenvalue weighted by atomic mass is 32.2. The van der Waals surface area contributed by atoms with E-state index >= 15 is 0 Å². The van der Waals surface area contributed by atoms with E-state index in [4.69, 9.17) is 0 Å². The van der Waals surface area contributed by atoms with Crippen molar-refractivity contribution in [2.45, 2.75) is 33.4 Å². The van der Waals surface area contributed by atoms with Crippen LogP contribution in [0, 0.1) is 0 Å². The number of hydrogen-bond donors (Lipinski definition) is 1. The zero-order valence-electron chi connectivity index (χ0n) is 9.60. The highest BCUT2D eigenvalue weighted by Crippen LogP contribution is 2.13. The molecule has 1 atom stereocenters. The van der Waals surface area contributed by atoms with Gasteiger partial charge in [0, 0.05) is 5.75 Å². The highest BCUT2D eigenvalue weighted by Gasteiger charge is 2.11. The van der Waals surface area contributed by atoms with Crippen LogP contribution in [0.5, 0.6) is 0 Å². The number of tetrazole rings is 1. The molecule has 0 bridgehead atoms. The van der Waals surface area contributed by atoms with Gasteiger partial charge in [-0.25, -0.2) is 4.68 Å². The van der Waals surface area contributed by atoms with Crippen molar-refractivity contribution >= 4 is 11.8 Å². The average Bonchev–Trinajstić information content (AvgIpc) is 2.71. The van der Waals surface area contributed by atoms with Crippen molar-refractivity contribution < 1.29 is 0 Å². The first-order valence-corrected chi connectivity index (χ1v) is 6.50. The summed E-state index contributed by atoms with van der Waals surface area (Å²) >= 11 is 1.91. The Morgan fingerprint density at radius 1 is 1.47 bits per heavy atom. The third kappa shape index (κ3) is 3.79. The van der Waals surface area contributed by atoms with Gasteiger partial charge < -0.3 is 5.32 Å². The number of rotatable bonds is 7. The Morgan fingerprint density at radius 2 is 2.27 bits per heavy atom. The van der Waals surface area contributed by atoms with E-state index in [-0.39, 0.29) is 0 Å². The summed E-state index contributed by atoms with van der Waals surface area (Å²) in [6, 6.07) is 0.360. The Hall–Kier alpha value is -0.620. The van der Waals surface area contributed by atoms with Crippen LogP contribution in [0.4, 0.5) is 0 Å². The van der Waals surface area contributed by atoms with Crippen LogP contribution in [0.15, 0.2) is 0 Å². The molecule has 1 heterocycles. The van der Waals surface area contributed by atoms with Crippen LogP contribution < -0.4 is 5.32 Å². The van der Waals surface area contributed by atoms with Crippen molar-refractivity contribution in [2.75, 3.05) is 18.1 Å². The first-order chi connectivity index (χ1) is 7.29. The number of nitrogens with one attached hydrogen (secondary N) is 1. The van der Waals surface area contributed by atoms with E-state index in [0.717, 1.165) is 30.4 Å². The van der Waals surface area contributed by atoms with Crippen LogP contribution >= 0.6 is 11.8 Å². The number of nitrogens with zero attached hydrogens (tertiary/aromatic N) is 4. The minimum atomic E-state index is 0.360. The van der Waals surface area contributed by atoms with Gasteiger partial charge in [-0.15, -0.1) is 5.10 Å². The summed E-state index contributed by atoms with van der Waals surface area (Å²) in [5.41, 5.74) is 0. The van der Waals surface area contributed by atoms with Gasteiger partial charge in [-0.2, -0.15) is 11.8 Å². The number of hydrogen-bond acceptors (Lipinski definition) is 5. The molecule has 1 aromatic rings. The van der Waals surface area contributed by atoms with E-state index in [0.29, 0.717) is 6.04 Å². The zero-order chi connectivity index (χ0) is 11.1. The molecule has 1 rings (SSSR count). The molecule has 0 aliphatic rings. The lowest BCUT2D eigenvalue weighted by molar-refractivity contribution is 0.489. The van der Waals surface area contributed by atoms with Crippen LogP contribution in [0.2, 0.25) is 0 Å². The molecule has 0 aliphatic carbocycles. The second kappa shape index (κ2) is 6.79. The Bertz CT molecular complexity index is 275. The normalized spacial score (nSPS) is 13.0. The van der Waals surface area contributed by atoms with Crippen molar-refractivity contribution in [3.63, 3.8) is 0 Å². The van der Waals surface area contributed by atoms with Crippen LogP contribution in [0.25, 0.3) is 0 Å². The lowest BCUT2D eigenvalue weighted by Gasteiger charge is -2.12. The molecular formula is C9H19N5S. The van der Waals surface area contributed by atoms with Crippen molar-refractivity contribution in [3.8, 4) is 0 Å². The van der Waals surface area contributed by atoms with Crippen molar-refractivity contribution in [1.82, 2.24) is 25.5 Å². The second-order valence-corrected chi connectivity index (χ2v) is 4.65. The third-order valence-corrected chi connectivity index (χ3v) is 3.20. The summed E-state index contributed by atoms with van der Waals surface area (Å²) in [5.74, 6) is 3.11. The van der Waals surface area contributed by atoms with Crippen molar-refractivity contribution in [2.24, 2.45) is 0 Å². The molecule has 0 saturated carbocycles. The van der Waals surface area contributed by atoms with E-state index < -0.39 is 0 Å². The van der Waals surface area contributed by atoms with E-state index in [9.17, 15) is 0 Å². The lowest BCUT2D eigenvalue weighted by Crippen LogP contribution is -2.20. The Balaban J connectivity index is 2.54. The van der Waals surface area contributed by atoms with Crippen LogP contribution in [-0.2, 0) is 6.54 Å². The maximum atomic E-state index is 4.02. The smallest absolute Gasteiger partial charge is 0.165 e. The van der Waals surface area contributed by atoms with Gasteiger partial charge in [0.05, 0.1) is 12.6 Å². The quantitative estimate of drug-likeness (QED) is 0.758. The van der Waals surface area contributed by atoms with Crippen LogP contribution in [0.1, 0.15) is 32.6 Å². The van der Waals surface area contributed by atoms with E-state index in [1.165, 1.54) is 0 Å². The summed E-state index contributed by atoms with van der Waals surface area (Å²) in [4.78, 5) is 0. The molecule has 1 unspecified atom stereocenters. The summed E-state index contributed by atoms with van der Waals surface area (Å²) in [6.45, 7) is 8.06. The monoisotopic (exact) mass is 229 g/mol. The SMILES string of the molecule is CCNCc1nnnn1C(C)CSCC. The first-order valence-electron chi connectivity index (χ1n) is 5.34. The van der Waals surface area contributed by atoms with Crippen molar-refractivity contribution in [3.05, 3.63) is 5.82 Å². The Labute approximate surface area is 95.0 Å². The van der Waals surface area contributed by atoms with Gasteiger partial charge in [0.1, 0.15) is 0 Å². The van der Waals surface area contributed by atoms with Gasteiger partial charge >= 0.3 is 0 Å². The predicted octanol–water partition coefficient (Wildman–Crippen LogP) is 1.10. The zero-order valence-corrected chi connectivity index (χ0v) is 10.4. The Kier molecular flexibility index (Phi) is 5.63. The fraction of sp³-hybridized carbons (Fsp3) is 0.889. The Morgan fingerprint density at radius 3 is 2.93 bits per heavy atom. The fourth-order valence-corrected chi connectivity index (χ4v) is 1.98. The van der Waals surface area contributed by atoms with E-state index in [2.05, 4.69) is 41.6 Å². The largest absolute Gasteiger partial charge is 0.310 e. The topological polar surface area (TPSA) is 55.6 Å². The predicted molar refractivity (Wildman–Crippen MR) is 62.9 cm³/mol. The molecule has 1 aromatic heterocycles. The molecule has 6 heteroatoms. The highest BCUT2D eigenvalue weighted by molar-refractivity contribution is 7.99. The number of thioether (sulfide) groups is 1. The molecule has 0 fully saturated rings. The maximum absolute atomic E-state index is 4.02. The van der Waals surface area contributed by atoms with Crippen LogP contribution in [0.3, 0.4) is 0 Å². The molecule has 0 saturated heterocycles. The average molecular weight is 229 g/mol. The molecule has 0 aromatic carbocycles. The fourth-order valence-electron chi connectivity index (χ4n) is 1.27. The second-order valence-electron chi connectivity index (χ2n) is 3.33. The molecule has 0 aliphatic heterocycles. The minimum Gasteiger partial charge on any atom is -0.310 e. The van der Waals surface area contributed by atoms with Gasteiger partial charge in [-0.3, -0.25) is 0 Å². The van der Waals surface area contributed by atoms with Crippen LogP contribution in [-0.4, -0.2) is 38.3 Å². The van der Waals surface area contributed by atoms with E-state index in [1.807, 2.05) is 16.4 Å². The van der Waals surface area contributed by atoms with Crippen molar-refractivity contribution in [1.29, 1.82) is 0 Å². The maximum Gasteiger partial charge on any atom is 0.165 e. The summed E-state index contributed by atoms with van der Waals surface area (Å²) < 4.78 is 1.91. The molecular weight excluding hydrogens is 210 g/mol. The first kappa shape index (κ1) is 12.4. The molecule has 1 N–H and O–H groups in total. The third-order valence-electron chi connectivity index (χ3n) is 2.07. The summed E-state index contributed by atoms with van der Waals surface area (Å²) in [7, 11) is 0. The minimum absolute atomic E-state index is 0.360. The number of aromatic nitrogens is 4. The molecule has 0 spiro atoms. The van der Waals surface area contributed by atoms with Gasteiger partial charge in [0.15, 0.2) is 5.82 Å². The lowest BCUT2D eigenvalue weighted by atomic mass is 10.4. The van der Waals surface area contributed by atoms with Gasteiger partial charge in [0.2, 0.25) is 0 Å². The molecule has 86 valence electrons. The molecule has 0 radical (unpaired) electrons. The standard InChI is InChI=1S/C9H19N5S/c1-4-10-6-9-11-12-13-14(9)8(3)7-15-5-2/h8,10H,4-7H2,1-3H3. The van der Waals surface area contributed by atoms with Gasteiger partial charge in [-0.1, -0.05) is 13.8 Å². The molecule has 5 nitrogen and oxygen atoms in total. The van der Waals surface area contributed by atoms with Gasteiger partial charge in [-0.05, 0) is 29.6 Å².